The van der Waals surface area contributed by atoms with E-state index in [0.29, 0.717) is 16.4 Å². The minimum atomic E-state index is -0.537. The van der Waals surface area contributed by atoms with E-state index in [4.69, 9.17) is 16.9 Å². The second-order valence-electron chi connectivity index (χ2n) is 4.81. The number of halogens is 2. The third-order valence-corrected chi connectivity index (χ3v) is 3.70. The molecule has 1 atom stereocenters. The highest BCUT2D eigenvalue weighted by Gasteiger charge is 2.20. The summed E-state index contributed by atoms with van der Waals surface area (Å²) < 4.78 is 14.0. The molecule has 0 radical (unpaired) electrons. The van der Waals surface area contributed by atoms with Gasteiger partial charge in [-0.05, 0) is 35.4 Å². The van der Waals surface area contributed by atoms with E-state index >= 15 is 0 Å². The van der Waals surface area contributed by atoms with Crippen LogP contribution in [0.1, 0.15) is 28.4 Å². The van der Waals surface area contributed by atoms with E-state index in [0.717, 1.165) is 5.56 Å². The standard InChI is InChI=1S/C17H11ClFN3/c18-14-5-3-11(4-6-14)16(17-21-7-8-22-17)12-1-2-13(10-20)15(19)9-12/h1-9,16H,(H,21,22). The fourth-order valence-electron chi connectivity index (χ4n) is 2.40. The number of benzene rings is 2. The van der Waals surface area contributed by atoms with Crippen LogP contribution in [0.25, 0.3) is 0 Å². The fourth-order valence-corrected chi connectivity index (χ4v) is 2.53. The maximum Gasteiger partial charge on any atom is 0.141 e. The largest absolute Gasteiger partial charge is 0.348 e. The van der Waals surface area contributed by atoms with Crippen molar-refractivity contribution in [3.05, 3.63) is 88.2 Å². The molecule has 1 unspecified atom stereocenters. The third kappa shape index (κ3) is 2.72. The predicted molar refractivity (Wildman–Crippen MR) is 82.1 cm³/mol. The molecule has 0 aliphatic carbocycles. The van der Waals surface area contributed by atoms with Crippen LogP contribution in [0.3, 0.4) is 0 Å². The summed E-state index contributed by atoms with van der Waals surface area (Å²) in [4.78, 5) is 7.35. The molecule has 1 N–H and O–H groups in total. The molecule has 1 heterocycles. The number of hydrogen-bond donors (Lipinski definition) is 1. The van der Waals surface area contributed by atoms with Crippen LogP contribution >= 0.6 is 11.6 Å². The van der Waals surface area contributed by atoms with Gasteiger partial charge in [-0.25, -0.2) is 9.37 Å². The summed E-state index contributed by atoms with van der Waals surface area (Å²) in [5.41, 5.74) is 1.68. The fraction of sp³-hybridized carbons (Fsp3) is 0.0588. The maximum atomic E-state index is 14.0. The van der Waals surface area contributed by atoms with Gasteiger partial charge in [-0.3, -0.25) is 0 Å². The summed E-state index contributed by atoms with van der Waals surface area (Å²) in [5, 5.41) is 9.49. The van der Waals surface area contributed by atoms with E-state index in [9.17, 15) is 4.39 Å². The van der Waals surface area contributed by atoms with Crippen LogP contribution in [0.5, 0.6) is 0 Å². The molecule has 1 aromatic heterocycles. The lowest BCUT2D eigenvalue weighted by Gasteiger charge is -2.16. The Balaban J connectivity index is 2.12. The molecule has 3 aromatic rings. The summed E-state index contributed by atoms with van der Waals surface area (Å²) in [7, 11) is 0. The lowest BCUT2D eigenvalue weighted by molar-refractivity contribution is 0.620. The Hall–Kier alpha value is -2.64. The van der Waals surface area contributed by atoms with Gasteiger partial charge in [-0.1, -0.05) is 29.8 Å². The topological polar surface area (TPSA) is 52.5 Å². The van der Waals surface area contributed by atoms with Gasteiger partial charge in [0.15, 0.2) is 0 Å². The highest BCUT2D eigenvalue weighted by molar-refractivity contribution is 6.30. The summed E-state index contributed by atoms with van der Waals surface area (Å²) >= 11 is 5.93. The van der Waals surface area contributed by atoms with Crippen molar-refractivity contribution in [3.63, 3.8) is 0 Å². The lowest BCUT2D eigenvalue weighted by atomic mass is 9.90. The first-order valence-electron chi connectivity index (χ1n) is 6.63. The van der Waals surface area contributed by atoms with E-state index in [2.05, 4.69) is 9.97 Å². The van der Waals surface area contributed by atoms with E-state index in [-0.39, 0.29) is 11.5 Å². The summed E-state index contributed by atoms with van der Waals surface area (Å²) in [6.45, 7) is 0. The second-order valence-corrected chi connectivity index (χ2v) is 5.25. The first kappa shape index (κ1) is 14.3. The zero-order valence-electron chi connectivity index (χ0n) is 11.4. The summed E-state index contributed by atoms with van der Waals surface area (Å²) in [5.74, 6) is -0.0912. The SMILES string of the molecule is N#Cc1ccc(C(c2ccc(Cl)cc2)c2ncc[nH]2)cc1F. The molecule has 0 aliphatic heterocycles. The number of hydrogen-bond acceptors (Lipinski definition) is 2. The molecular weight excluding hydrogens is 301 g/mol. The zero-order valence-corrected chi connectivity index (χ0v) is 12.2. The minimum absolute atomic E-state index is 0.0260. The van der Waals surface area contributed by atoms with E-state index in [1.54, 1.807) is 30.6 Å². The van der Waals surface area contributed by atoms with Crippen molar-refractivity contribution in [2.24, 2.45) is 0 Å². The molecule has 3 rings (SSSR count). The highest BCUT2D eigenvalue weighted by atomic mass is 35.5. The maximum absolute atomic E-state index is 14.0. The number of aromatic amines is 1. The van der Waals surface area contributed by atoms with Crippen molar-refractivity contribution < 1.29 is 4.39 Å². The van der Waals surface area contributed by atoms with Crippen molar-refractivity contribution in [3.8, 4) is 6.07 Å². The number of nitrogens with one attached hydrogen (secondary N) is 1. The molecule has 0 saturated heterocycles. The van der Waals surface area contributed by atoms with Crippen LogP contribution in [0.4, 0.5) is 4.39 Å². The lowest BCUT2D eigenvalue weighted by Crippen LogP contribution is -2.06. The van der Waals surface area contributed by atoms with Crippen LogP contribution in [0, 0.1) is 17.1 Å². The molecule has 3 nitrogen and oxygen atoms in total. The monoisotopic (exact) mass is 311 g/mol. The van der Waals surface area contributed by atoms with Crippen LogP contribution < -0.4 is 0 Å². The Morgan fingerprint density at radius 3 is 2.45 bits per heavy atom. The van der Waals surface area contributed by atoms with Crippen molar-refractivity contribution >= 4 is 11.6 Å². The number of nitrogens with zero attached hydrogens (tertiary/aromatic N) is 2. The van der Waals surface area contributed by atoms with Crippen LogP contribution in [0.2, 0.25) is 5.02 Å². The van der Waals surface area contributed by atoms with Crippen LogP contribution in [-0.4, -0.2) is 9.97 Å². The van der Waals surface area contributed by atoms with Crippen molar-refractivity contribution in [2.75, 3.05) is 0 Å². The van der Waals surface area contributed by atoms with Gasteiger partial charge >= 0.3 is 0 Å². The van der Waals surface area contributed by atoms with Crippen LogP contribution in [-0.2, 0) is 0 Å². The van der Waals surface area contributed by atoms with E-state index < -0.39 is 5.82 Å². The normalized spacial score (nSPS) is 11.9. The Kier molecular flexibility index (Phi) is 3.90. The van der Waals surface area contributed by atoms with Gasteiger partial charge in [0.25, 0.3) is 0 Å². The summed E-state index contributed by atoms with van der Waals surface area (Å²) in [6, 6.07) is 13.8. The molecule has 108 valence electrons. The molecule has 0 spiro atoms. The van der Waals surface area contributed by atoms with Crippen molar-refractivity contribution in [1.29, 1.82) is 5.26 Å². The molecule has 0 bridgehead atoms. The van der Waals surface area contributed by atoms with Gasteiger partial charge in [0.1, 0.15) is 17.7 Å². The van der Waals surface area contributed by atoms with E-state index in [1.165, 1.54) is 12.1 Å². The predicted octanol–water partition coefficient (Wildman–Crippen LogP) is 4.25. The molecule has 22 heavy (non-hydrogen) atoms. The van der Waals surface area contributed by atoms with Crippen molar-refractivity contribution in [1.82, 2.24) is 9.97 Å². The molecule has 0 fully saturated rings. The Bertz CT molecular complexity index is 820. The molecule has 2 aromatic carbocycles. The highest BCUT2D eigenvalue weighted by Crippen LogP contribution is 2.31. The Labute approximate surface area is 132 Å². The van der Waals surface area contributed by atoms with Gasteiger partial charge in [0.05, 0.1) is 11.5 Å². The third-order valence-electron chi connectivity index (χ3n) is 3.44. The van der Waals surface area contributed by atoms with Gasteiger partial charge in [0, 0.05) is 17.4 Å². The van der Waals surface area contributed by atoms with Gasteiger partial charge in [0.2, 0.25) is 0 Å². The van der Waals surface area contributed by atoms with Crippen molar-refractivity contribution in [2.45, 2.75) is 5.92 Å². The first-order chi connectivity index (χ1) is 10.7. The minimum Gasteiger partial charge on any atom is -0.348 e. The number of rotatable bonds is 3. The number of imidazole rings is 1. The van der Waals surface area contributed by atoms with Gasteiger partial charge < -0.3 is 4.98 Å². The Morgan fingerprint density at radius 2 is 1.86 bits per heavy atom. The molecule has 0 saturated carbocycles. The average Bonchev–Trinajstić information content (AvgIpc) is 3.04. The van der Waals surface area contributed by atoms with E-state index in [1.807, 2.05) is 18.2 Å². The molecule has 0 amide bonds. The average molecular weight is 312 g/mol. The number of nitriles is 1. The molecular formula is C17H11ClFN3. The second kappa shape index (κ2) is 6.00. The number of H-pyrrole nitrogens is 1. The zero-order chi connectivity index (χ0) is 15.5. The summed E-state index contributed by atoms with van der Waals surface area (Å²) in [6.07, 6.45) is 3.37. The van der Waals surface area contributed by atoms with Gasteiger partial charge in [-0.2, -0.15) is 5.26 Å². The molecule has 5 heteroatoms. The first-order valence-corrected chi connectivity index (χ1v) is 7.01. The van der Waals surface area contributed by atoms with Gasteiger partial charge in [-0.15, -0.1) is 0 Å². The Morgan fingerprint density at radius 1 is 1.14 bits per heavy atom. The quantitative estimate of drug-likeness (QED) is 0.786. The van der Waals surface area contributed by atoms with Crippen LogP contribution in [0.15, 0.2) is 54.9 Å². The smallest absolute Gasteiger partial charge is 0.141 e. The number of aromatic nitrogens is 2. The molecule has 0 aliphatic rings.